The van der Waals surface area contributed by atoms with E-state index in [0.717, 1.165) is 18.1 Å². The molecule has 1 heterocycles. The summed E-state index contributed by atoms with van der Waals surface area (Å²) in [7, 11) is 0. The van der Waals surface area contributed by atoms with Gasteiger partial charge >= 0.3 is 0 Å². The molecule has 0 aliphatic rings. The first-order valence-corrected chi connectivity index (χ1v) is 8.40. The van der Waals surface area contributed by atoms with Crippen molar-refractivity contribution in [3.05, 3.63) is 56.4 Å². The van der Waals surface area contributed by atoms with Gasteiger partial charge in [0.05, 0.1) is 11.0 Å². The lowest BCUT2D eigenvalue weighted by atomic mass is 10.2. The Morgan fingerprint density at radius 2 is 2.09 bits per heavy atom. The van der Waals surface area contributed by atoms with Crippen LogP contribution in [0.25, 0.3) is 0 Å². The van der Waals surface area contributed by atoms with Gasteiger partial charge in [0.2, 0.25) is 0 Å². The normalized spacial score (nSPS) is 11.0. The monoisotopic (exact) mass is 497 g/mol. The third-order valence-corrected chi connectivity index (χ3v) is 4.16. The van der Waals surface area contributed by atoms with E-state index in [-0.39, 0.29) is 29.8 Å². The predicted molar refractivity (Wildman–Crippen MR) is 105 cm³/mol. The number of benzene rings is 1. The molecule has 0 aliphatic heterocycles. The topological polar surface area (TPSA) is 36.4 Å². The Labute approximate surface area is 159 Å². The van der Waals surface area contributed by atoms with E-state index >= 15 is 0 Å². The summed E-state index contributed by atoms with van der Waals surface area (Å²) in [5.74, 6) is 0.474. The van der Waals surface area contributed by atoms with E-state index in [9.17, 15) is 4.39 Å². The molecule has 0 fully saturated rings. The largest absolute Gasteiger partial charge is 0.357 e. The second-order valence-electron chi connectivity index (χ2n) is 4.43. The number of hydrogen-bond acceptors (Lipinski definition) is 2. The van der Waals surface area contributed by atoms with E-state index in [1.165, 1.54) is 11.6 Å². The third kappa shape index (κ3) is 6.21. The summed E-state index contributed by atoms with van der Waals surface area (Å²) >= 11 is 4.81. The van der Waals surface area contributed by atoms with Crippen molar-refractivity contribution < 1.29 is 4.39 Å². The Kier molecular flexibility index (Phi) is 8.96. The summed E-state index contributed by atoms with van der Waals surface area (Å²) in [5, 5.41) is 10.5. The van der Waals surface area contributed by atoms with Crippen LogP contribution in [0.1, 0.15) is 18.1 Å². The lowest BCUT2D eigenvalue weighted by Gasteiger charge is -2.11. The summed E-state index contributed by atoms with van der Waals surface area (Å²) in [5.41, 5.74) is 2.06. The molecular weight excluding hydrogens is 480 g/mol. The molecule has 0 bridgehead atoms. The van der Waals surface area contributed by atoms with Gasteiger partial charge in [-0.15, -0.1) is 24.0 Å². The zero-order valence-electron chi connectivity index (χ0n) is 12.1. The van der Waals surface area contributed by atoms with Crippen molar-refractivity contribution in [2.45, 2.75) is 20.0 Å². The van der Waals surface area contributed by atoms with Gasteiger partial charge in [-0.2, -0.15) is 11.3 Å². The van der Waals surface area contributed by atoms with Gasteiger partial charge in [0.25, 0.3) is 0 Å². The van der Waals surface area contributed by atoms with Crippen LogP contribution < -0.4 is 10.6 Å². The van der Waals surface area contributed by atoms with Gasteiger partial charge in [0, 0.05) is 13.1 Å². The first-order chi connectivity index (χ1) is 10.2. The molecule has 22 heavy (non-hydrogen) atoms. The van der Waals surface area contributed by atoms with Crippen LogP contribution in [0.4, 0.5) is 4.39 Å². The molecule has 0 unspecified atom stereocenters. The average Bonchev–Trinajstić information content (AvgIpc) is 2.99. The summed E-state index contributed by atoms with van der Waals surface area (Å²) in [4.78, 5) is 4.51. The van der Waals surface area contributed by atoms with Crippen LogP contribution in [0.5, 0.6) is 0 Å². The molecule has 120 valence electrons. The minimum atomic E-state index is -0.255. The molecule has 7 heteroatoms. The van der Waals surface area contributed by atoms with Gasteiger partial charge in [-0.1, -0.05) is 6.07 Å². The van der Waals surface area contributed by atoms with E-state index in [4.69, 9.17) is 0 Å². The Bertz CT molecular complexity index is 605. The first-order valence-electron chi connectivity index (χ1n) is 6.66. The third-order valence-electron chi connectivity index (χ3n) is 2.79. The molecule has 0 saturated heterocycles. The molecule has 0 aliphatic carbocycles. The molecule has 1 aromatic heterocycles. The van der Waals surface area contributed by atoms with Gasteiger partial charge in [0.15, 0.2) is 5.96 Å². The summed E-state index contributed by atoms with van der Waals surface area (Å²) in [6.45, 7) is 3.96. The van der Waals surface area contributed by atoms with Gasteiger partial charge in [-0.05, 0) is 62.9 Å². The molecule has 0 amide bonds. The highest BCUT2D eigenvalue weighted by Crippen LogP contribution is 2.16. The zero-order valence-corrected chi connectivity index (χ0v) is 16.8. The number of rotatable bonds is 5. The Balaban J connectivity index is 0.00000242. The molecule has 0 radical (unpaired) electrons. The molecule has 2 aromatic rings. The lowest BCUT2D eigenvalue weighted by Crippen LogP contribution is -2.36. The lowest BCUT2D eigenvalue weighted by molar-refractivity contribution is 0.617. The van der Waals surface area contributed by atoms with Gasteiger partial charge in [-0.25, -0.2) is 9.38 Å². The number of nitrogens with zero attached hydrogens (tertiary/aromatic N) is 1. The number of halogens is 3. The van der Waals surface area contributed by atoms with E-state index in [0.29, 0.717) is 17.6 Å². The fraction of sp³-hybridized carbons (Fsp3) is 0.267. The van der Waals surface area contributed by atoms with Gasteiger partial charge in [0.1, 0.15) is 5.82 Å². The van der Waals surface area contributed by atoms with Crippen molar-refractivity contribution >= 4 is 57.2 Å². The van der Waals surface area contributed by atoms with E-state index in [2.05, 4.69) is 43.0 Å². The highest BCUT2D eigenvalue weighted by atomic mass is 127. The fourth-order valence-electron chi connectivity index (χ4n) is 1.73. The van der Waals surface area contributed by atoms with Gasteiger partial charge in [-0.3, -0.25) is 0 Å². The van der Waals surface area contributed by atoms with Crippen LogP contribution in [-0.2, 0) is 13.1 Å². The maximum absolute atomic E-state index is 13.5. The maximum Gasteiger partial charge on any atom is 0.191 e. The van der Waals surface area contributed by atoms with Crippen molar-refractivity contribution in [1.29, 1.82) is 0 Å². The van der Waals surface area contributed by atoms with Crippen molar-refractivity contribution in [1.82, 2.24) is 10.6 Å². The van der Waals surface area contributed by atoms with Crippen molar-refractivity contribution in [2.24, 2.45) is 4.99 Å². The second kappa shape index (κ2) is 10.2. The highest BCUT2D eigenvalue weighted by molar-refractivity contribution is 14.0. The van der Waals surface area contributed by atoms with Crippen molar-refractivity contribution in [2.75, 3.05) is 6.54 Å². The standard InChI is InChI=1S/C15H17BrFN3S.HI/c1-2-18-15(20-9-12-5-6-21-10-12)19-8-11-3-4-13(16)14(17)7-11;/h3-7,10H,2,8-9H2,1H3,(H2,18,19,20);1H. The van der Waals surface area contributed by atoms with Crippen LogP contribution in [0.15, 0.2) is 44.5 Å². The predicted octanol–water partition coefficient (Wildman–Crippen LogP) is 4.52. The van der Waals surface area contributed by atoms with Crippen molar-refractivity contribution in [3.8, 4) is 0 Å². The summed E-state index contributed by atoms with van der Waals surface area (Å²) in [6.07, 6.45) is 0. The molecule has 2 rings (SSSR count). The Morgan fingerprint density at radius 1 is 1.27 bits per heavy atom. The fourth-order valence-corrected chi connectivity index (χ4v) is 2.64. The number of nitrogens with one attached hydrogen (secondary N) is 2. The average molecular weight is 498 g/mol. The molecule has 0 atom stereocenters. The molecule has 0 spiro atoms. The van der Waals surface area contributed by atoms with Crippen LogP contribution in [-0.4, -0.2) is 12.5 Å². The van der Waals surface area contributed by atoms with E-state index < -0.39 is 0 Å². The minimum absolute atomic E-state index is 0. The van der Waals surface area contributed by atoms with E-state index in [1.54, 1.807) is 17.4 Å². The van der Waals surface area contributed by atoms with E-state index in [1.807, 2.05) is 18.4 Å². The maximum atomic E-state index is 13.5. The zero-order chi connectivity index (χ0) is 15.1. The molecule has 0 saturated carbocycles. The van der Waals surface area contributed by atoms with Crippen LogP contribution in [0.2, 0.25) is 0 Å². The SMILES string of the molecule is CCNC(=NCc1ccsc1)NCc1ccc(Br)c(F)c1.I. The smallest absolute Gasteiger partial charge is 0.191 e. The summed E-state index contributed by atoms with van der Waals surface area (Å²) < 4.78 is 13.9. The van der Waals surface area contributed by atoms with Crippen LogP contribution >= 0.6 is 51.2 Å². The highest BCUT2D eigenvalue weighted by Gasteiger charge is 2.02. The minimum Gasteiger partial charge on any atom is -0.357 e. The summed E-state index contributed by atoms with van der Waals surface area (Å²) in [6, 6.07) is 7.16. The first kappa shape index (κ1) is 19.4. The van der Waals surface area contributed by atoms with Crippen LogP contribution in [0, 0.1) is 5.82 Å². The number of aliphatic imine (C=N–C) groups is 1. The number of thiophene rings is 1. The molecule has 2 N–H and O–H groups in total. The molecular formula is C15H18BrFIN3S. The second-order valence-corrected chi connectivity index (χ2v) is 6.06. The van der Waals surface area contributed by atoms with Gasteiger partial charge < -0.3 is 10.6 Å². The van der Waals surface area contributed by atoms with Crippen molar-refractivity contribution in [3.63, 3.8) is 0 Å². The quantitative estimate of drug-likeness (QED) is 0.362. The number of guanidine groups is 1. The number of hydrogen-bond donors (Lipinski definition) is 2. The Morgan fingerprint density at radius 3 is 2.73 bits per heavy atom. The van der Waals surface area contributed by atoms with Crippen LogP contribution in [0.3, 0.4) is 0 Å². The molecule has 3 nitrogen and oxygen atoms in total. The molecule has 1 aromatic carbocycles. The Hall–Kier alpha value is -0.670.